The number of nitrogens with zero attached hydrogens (tertiary/aromatic N) is 2. The largest absolute Gasteiger partial charge is 0.378 e. The van der Waals surface area contributed by atoms with Crippen molar-refractivity contribution < 1.29 is 0 Å². The maximum atomic E-state index is 11.5. The number of aromatic nitrogens is 2. The summed E-state index contributed by atoms with van der Waals surface area (Å²) >= 11 is 6.02. The highest BCUT2D eigenvalue weighted by Crippen LogP contribution is 2.21. The van der Waals surface area contributed by atoms with Crippen LogP contribution in [0.3, 0.4) is 0 Å². The summed E-state index contributed by atoms with van der Waals surface area (Å²) in [7, 11) is 0. The normalized spacial score (nSPS) is 18.5. The number of likely N-dealkylation sites (tertiary alicyclic amines) is 1. The summed E-state index contributed by atoms with van der Waals surface area (Å²) in [6.45, 7) is 6.22. The van der Waals surface area contributed by atoms with Crippen LogP contribution in [0.15, 0.2) is 35.3 Å². The maximum Gasteiger partial charge on any atom is 0.285 e. The molecule has 0 aliphatic carbocycles. The Hall–Kier alpha value is -1.85. The minimum absolute atomic E-state index is 0.146. The lowest BCUT2D eigenvalue weighted by molar-refractivity contribution is 0.176. The molecule has 1 aromatic carbocycles. The summed E-state index contributed by atoms with van der Waals surface area (Å²) in [6.07, 6.45) is 4.14. The number of rotatable bonds is 5. The molecule has 24 heavy (non-hydrogen) atoms. The molecule has 1 aliphatic rings. The molecule has 2 heterocycles. The number of benzene rings is 1. The van der Waals surface area contributed by atoms with Gasteiger partial charge in [0.1, 0.15) is 5.02 Å². The van der Waals surface area contributed by atoms with Crippen molar-refractivity contribution in [3.8, 4) is 0 Å². The number of anilines is 1. The van der Waals surface area contributed by atoms with Crippen molar-refractivity contribution in [3.63, 3.8) is 0 Å². The number of halogens is 1. The lowest BCUT2D eigenvalue weighted by atomic mass is 9.99. The van der Waals surface area contributed by atoms with E-state index in [0.29, 0.717) is 12.2 Å². The minimum atomic E-state index is -0.378. The number of hydrogen-bond donors (Lipinski definition) is 2. The summed E-state index contributed by atoms with van der Waals surface area (Å²) in [5.74, 6) is 0.768. The van der Waals surface area contributed by atoms with E-state index in [1.807, 2.05) is 6.07 Å². The highest BCUT2D eigenvalue weighted by molar-refractivity contribution is 6.32. The Labute approximate surface area is 147 Å². The smallest absolute Gasteiger partial charge is 0.285 e. The molecule has 3 rings (SSSR count). The van der Waals surface area contributed by atoms with E-state index in [1.165, 1.54) is 24.0 Å². The van der Waals surface area contributed by atoms with Crippen molar-refractivity contribution in [2.75, 3.05) is 18.4 Å². The molecule has 0 bridgehead atoms. The molecular weight excluding hydrogens is 324 g/mol. The maximum absolute atomic E-state index is 11.5. The van der Waals surface area contributed by atoms with Crippen LogP contribution < -0.4 is 10.9 Å². The molecule has 0 spiro atoms. The summed E-state index contributed by atoms with van der Waals surface area (Å²) in [6, 6.07) is 8.41. The Balaban J connectivity index is 1.70. The summed E-state index contributed by atoms with van der Waals surface area (Å²) in [5.41, 5.74) is 2.71. The SMILES string of the molecule is C[C@@H]1CCCN(Cc2ccccc2CNc2cn[nH]c(=O)c2Cl)C1. The molecule has 1 atom stereocenters. The second kappa shape index (κ2) is 7.81. The van der Waals surface area contributed by atoms with Crippen LogP contribution in [0, 0.1) is 5.92 Å². The lowest BCUT2D eigenvalue weighted by Crippen LogP contribution is -2.34. The zero-order valence-corrected chi connectivity index (χ0v) is 14.6. The van der Waals surface area contributed by atoms with E-state index in [-0.39, 0.29) is 10.6 Å². The van der Waals surface area contributed by atoms with Gasteiger partial charge in [-0.15, -0.1) is 0 Å². The van der Waals surface area contributed by atoms with Crippen LogP contribution in [0.5, 0.6) is 0 Å². The average molecular weight is 347 g/mol. The number of piperidine rings is 1. The molecule has 0 amide bonds. The number of hydrogen-bond acceptors (Lipinski definition) is 4. The van der Waals surface area contributed by atoms with Crippen LogP contribution in [0.1, 0.15) is 30.9 Å². The second-order valence-electron chi connectivity index (χ2n) is 6.53. The standard InChI is InChI=1S/C18H23ClN4O/c1-13-5-4-8-23(11-13)12-15-7-3-2-6-14(15)9-20-16-10-21-22-18(24)17(16)19/h2-3,6-7,10,13H,4-5,8-9,11-12H2,1H3,(H2,20,22,24)/t13-/m1/s1. The molecule has 0 radical (unpaired) electrons. The third kappa shape index (κ3) is 4.16. The molecule has 1 aromatic heterocycles. The van der Waals surface area contributed by atoms with Crippen LogP contribution in [0.2, 0.25) is 5.02 Å². The third-order valence-electron chi connectivity index (χ3n) is 4.52. The third-order valence-corrected chi connectivity index (χ3v) is 4.89. The van der Waals surface area contributed by atoms with Gasteiger partial charge in [0.05, 0.1) is 11.9 Å². The van der Waals surface area contributed by atoms with Crippen LogP contribution in [0.25, 0.3) is 0 Å². The van der Waals surface area contributed by atoms with Gasteiger partial charge < -0.3 is 5.32 Å². The fourth-order valence-electron chi connectivity index (χ4n) is 3.25. The summed E-state index contributed by atoms with van der Waals surface area (Å²) in [5, 5.41) is 9.48. The quantitative estimate of drug-likeness (QED) is 0.872. The first kappa shape index (κ1) is 17.0. The molecule has 2 aromatic rings. The Kier molecular flexibility index (Phi) is 5.53. The van der Waals surface area contributed by atoms with Gasteiger partial charge >= 0.3 is 0 Å². The number of nitrogens with one attached hydrogen (secondary N) is 2. The van der Waals surface area contributed by atoms with Crippen LogP contribution >= 0.6 is 11.6 Å². The van der Waals surface area contributed by atoms with E-state index < -0.39 is 0 Å². The van der Waals surface area contributed by atoms with Gasteiger partial charge in [0, 0.05) is 19.6 Å². The van der Waals surface area contributed by atoms with Crippen molar-refractivity contribution in [2.45, 2.75) is 32.9 Å². The van der Waals surface area contributed by atoms with Crippen molar-refractivity contribution in [1.29, 1.82) is 0 Å². The number of H-pyrrole nitrogens is 1. The fraction of sp³-hybridized carbons (Fsp3) is 0.444. The Bertz CT molecular complexity index is 746. The van der Waals surface area contributed by atoms with Crippen molar-refractivity contribution >= 4 is 17.3 Å². The first-order valence-corrected chi connectivity index (χ1v) is 8.77. The van der Waals surface area contributed by atoms with Crippen LogP contribution in [-0.2, 0) is 13.1 Å². The first-order chi connectivity index (χ1) is 11.6. The fourth-order valence-corrected chi connectivity index (χ4v) is 3.41. The van der Waals surface area contributed by atoms with Gasteiger partial charge in [-0.25, -0.2) is 5.10 Å². The van der Waals surface area contributed by atoms with E-state index in [1.54, 1.807) is 6.20 Å². The monoisotopic (exact) mass is 346 g/mol. The van der Waals surface area contributed by atoms with E-state index in [2.05, 4.69) is 45.5 Å². The molecule has 6 heteroatoms. The molecule has 1 saturated heterocycles. The molecule has 1 aliphatic heterocycles. The predicted octanol–water partition coefficient (Wildman–Crippen LogP) is 3.27. The molecule has 1 fully saturated rings. The molecule has 128 valence electrons. The molecule has 0 unspecified atom stereocenters. The zero-order valence-electron chi connectivity index (χ0n) is 13.9. The molecular formula is C18H23ClN4O. The summed E-state index contributed by atoms with van der Waals surface area (Å²) < 4.78 is 0. The molecule has 5 nitrogen and oxygen atoms in total. The van der Waals surface area contributed by atoms with Gasteiger partial charge in [-0.1, -0.05) is 42.8 Å². The number of aromatic amines is 1. The van der Waals surface area contributed by atoms with E-state index in [4.69, 9.17) is 11.6 Å². The first-order valence-electron chi connectivity index (χ1n) is 8.39. The zero-order chi connectivity index (χ0) is 16.9. The van der Waals surface area contributed by atoms with Gasteiger partial charge in [0.25, 0.3) is 5.56 Å². The van der Waals surface area contributed by atoms with Gasteiger partial charge in [0.15, 0.2) is 0 Å². The van der Waals surface area contributed by atoms with Crippen molar-refractivity contribution in [1.82, 2.24) is 15.1 Å². The van der Waals surface area contributed by atoms with E-state index in [0.717, 1.165) is 25.6 Å². The summed E-state index contributed by atoms with van der Waals surface area (Å²) in [4.78, 5) is 14.0. The highest BCUT2D eigenvalue weighted by Gasteiger charge is 2.17. The minimum Gasteiger partial charge on any atom is -0.378 e. The topological polar surface area (TPSA) is 61.0 Å². The lowest BCUT2D eigenvalue weighted by Gasteiger charge is -2.31. The van der Waals surface area contributed by atoms with E-state index >= 15 is 0 Å². The van der Waals surface area contributed by atoms with Crippen LogP contribution in [0.4, 0.5) is 5.69 Å². The van der Waals surface area contributed by atoms with Crippen molar-refractivity contribution in [3.05, 3.63) is 57.0 Å². The Morgan fingerprint density at radius 3 is 2.96 bits per heavy atom. The predicted molar refractivity (Wildman–Crippen MR) is 97.3 cm³/mol. The van der Waals surface area contributed by atoms with Gasteiger partial charge in [-0.3, -0.25) is 9.69 Å². The highest BCUT2D eigenvalue weighted by atomic mass is 35.5. The van der Waals surface area contributed by atoms with E-state index in [9.17, 15) is 4.79 Å². The molecule has 0 saturated carbocycles. The average Bonchev–Trinajstić information content (AvgIpc) is 2.57. The second-order valence-corrected chi connectivity index (χ2v) is 6.91. The van der Waals surface area contributed by atoms with Crippen molar-refractivity contribution in [2.24, 2.45) is 5.92 Å². The molecule has 2 N–H and O–H groups in total. The van der Waals surface area contributed by atoms with Gasteiger partial charge in [-0.2, -0.15) is 5.10 Å². The van der Waals surface area contributed by atoms with Gasteiger partial charge in [-0.05, 0) is 36.4 Å². The Morgan fingerprint density at radius 1 is 1.38 bits per heavy atom. The Morgan fingerprint density at radius 2 is 2.17 bits per heavy atom. The van der Waals surface area contributed by atoms with Crippen LogP contribution in [-0.4, -0.2) is 28.2 Å². The van der Waals surface area contributed by atoms with Gasteiger partial charge in [0.2, 0.25) is 0 Å².